The number of hydrogen-bond acceptors (Lipinski definition) is 4. The summed E-state index contributed by atoms with van der Waals surface area (Å²) in [5, 5.41) is 7.52. The molecule has 0 spiro atoms. The average Bonchev–Trinajstić information content (AvgIpc) is 2.32. The zero-order chi connectivity index (χ0) is 15.6. The second kappa shape index (κ2) is 6.22. The maximum Gasteiger partial charge on any atom is 0.405 e. The normalized spacial score (nSPS) is 27.9. The number of hydrogen-bond donors (Lipinski definition) is 3. The van der Waals surface area contributed by atoms with Gasteiger partial charge < -0.3 is 16.2 Å². The van der Waals surface area contributed by atoms with E-state index in [9.17, 15) is 4.79 Å². The smallest absolute Gasteiger partial charge is 0.405 e. The summed E-state index contributed by atoms with van der Waals surface area (Å²) in [6, 6.07) is 0.636. The molecular formula is C15H28N4O2. The van der Waals surface area contributed by atoms with Gasteiger partial charge in [0.25, 0.3) is 0 Å². The van der Waals surface area contributed by atoms with E-state index in [4.69, 9.17) is 21.6 Å². The number of nitrogens with zero attached hydrogens (tertiary/aromatic N) is 1. The summed E-state index contributed by atoms with van der Waals surface area (Å²) in [5.41, 5.74) is 10.2. The highest BCUT2D eigenvalue weighted by Gasteiger charge is 2.38. The molecule has 0 unspecified atom stereocenters. The Morgan fingerprint density at radius 2 is 1.81 bits per heavy atom. The minimum absolute atomic E-state index is 0.293. The van der Waals surface area contributed by atoms with Crippen molar-refractivity contribution >= 4 is 11.9 Å². The molecule has 6 heteroatoms. The Labute approximate surface area is 126 Å². The average molecular weight is 296 g/mol. The van der Waals surface area contributed by atoms with E-state index in [-0.39, 0.29) is 0 Å². The van der Waals surface area contributed by atoms with Gasteiger partial charge in [-0.3, -0.25) is 10.3 Å². The molecule has 5 N–H and O–H groups in total. The van der Waals surface area contributed by atoms with E-state index in [1.165, 1.54) is 0 Å². The highest BCUT2D eigenvalue weighted by molar-refractivity contribution is 5.79. The summed E-state index contributed by atoms with van der Waals surface area (Å²) in [6.07, 6.45) is 4.51. The van der Waals surface area contributed by atoms with Crippen molar-refractivity contribution in [3.8, 4) is 0 Å². The van der Waals surface area contributed by atoms with Gasteiger partial charge in [-0.25, -0.2) is 4.79 Å². The van der Waals surface area contributed by atoms with Crippen molar-refractivity contribution in [1.29, 1.82) is 5.41 Å². The van der Waals surface area contributed by atoms with Crippen molar-refractivity contribution in [3.05, 3.63) is 0 Å². The van der Waals surface area contributed by atoms with Gasteiger partial charge in [0, 0.05) is 25.0 Å². The molecule has 1 saturated carbocycles. The molecule has 2 fully saturated rings. The zero-order valence-corrected chi connectivity index (χ0v) is 13.1. The van der Waals surface area contributed by atoms with E-state index in [0.29, 0.717) is 23.7 Å². The molecule has 21 heavy (non-hydrogen) atoms. The monoisotopic (exact) mass is 296 g/mol. The maximum atomic E-state index is 10.9. The first-order valence-electron chi connectivity index (χ1n) is 7.83. The standard InChI is InChI=1S/C15H28N4O2/c1-15(2,21-14(18)20)7-10-8-19(9-10)12-5-3-11(4-6-12)13(16)17/h10-12H,3-9H2,1-2H3,(H3,16,17)(H2,18,20). The largest absolute Gasteiger partial charge is 0.444 e. The molecule has 2 aliphatic rings. The van der Waals surface area contributed by atoms with Crippen molar-refractivity contribution in [1.82, 2.24) is 4.90 Å². The summed E-state index contributed by atoms with van der Waals surface area (Å²) < 4.78 is 5.15. The molecule has 1 saturated heterocycles. The lowest BCUT2D eigenvalue weighted by Crippen LogP contribution is -2.55. The van der Waals surface area contributed by atoms with Gasteiger partial charge in [-0.15, -0.1) is 0 Å². The number of amidine groups is 1. The van der Waals surface area contributed by atoms with Gasteiger partial charge in [-0.2, -0.15) is 0 Å². The second-order valence-electron chi connectivity index (χ2n) is 7.17. The number of primary amides is 1. The fraction of sp³-hybridized carbons (Fsp3) is 0.867. The molecule has 0 aromatic heterocycles. The number of carbonyl (C=O) groups is 1. The lowest BCUT2D eigenvalue weighted by Gasteiger charge is -2.48. The summed E-state index contributed by atoms with van der Waals surface area (Å²) in [6.45, 7) is 5.97. The second-order valence-corrected chi connectivity index (χ2v) is 7.17. The number of carbonyl (C=O) groups excluding carboxylic acids is 1. The SMILES string of the molecule is CC(C)(CC1CN(C2CCC(C(=N)N)CC2)C1)OC(N)=O. The first-order valence-corrected chi connectivity index (χ1v) is 7.83. The Morgan fingerprint density at radius 1 is 1.24 bits per heavy atom. The van der Waals surface area contributed by atoms with Gasteiger partial charge in [-0.1, -0.05) is 0 Å². The third kappa shape index (κ3) is 4.33. The number of ether oxygens (including phenoxy) is 1. The molecule has 1 amide bonds. The van der Waals surface area contributed by atoms with E-state index in [2.05, 4.69) is 4.90 Å². The third-order valence-corrected chi connectivity index (χ3v) is 4.80. The number of nitrogens with two attached hydrogens (primary N) is 2. The van der Waals surface area contributed by atoms with Gasteiger partial charge in [0.05, 0.1) is 5.84 Å². The van der Waals surface area contributed by atoms with Crippen LogP contribution in [0.2, 0.25) is 0 Å². The fourth-order valence-corrected chi connectivity index (χ4v) is 3.80. The highest BCUT2D eigenvalue weighted by Crippen LogP contribution is 2.34. The number of likely N-dealkylation sites (tertiary alicyclic amines) is 1. The molecular weight excluding hydrogens is 268 g/mol. The van der Waals surface area contributed by atoms with Gasteiger partial charge in [-0.05, 0) is 51.9 Å². The Balaban J connectivity index is 1.70. The van der Waals surface area contributed by atoms with Crippen LogP contribution >= 0.6 is 0 Å². The van der Waals surface area contributed by atoms with Crippen molar-refractivity contribution in [3.63, 3.8) is 0 Å². The Hall–Kier alpha value is -1.30. The van der Waals surface area contributed by atoms with Crippen molar-refractivity contribution in [2.45, 2.75) is 57.6 Å². The Morgan fingerprint density at radius 3 is 2.29 bits per heavy atom. The summed E-state index contributed by atoms with van der Waals surface area (Å²) in [5.74, 6) is 1.21. The quantitative estimate of drug-likeness (QED) is 0.530. The Kier molecular flexibility index (Phi) is 4.76. The fourth-order valence-electron chi connectivity index (χ4n) is 3.80. The summed E-state index contributed by atoms with van der Waals surface area (Å²) in [4.78, 5) is 13.4. The summed E-state index contributed by atoms with van der Waals surface area (Å²) in [7, 11) is 0. The van der Waals surface area contributed by atoms with Gasteiger partial charge >= 0.3 is 6.09 Å². The molecule has 0 bridgehead atoms. The zero-order valence-electron chi connectivity index (χ0n) is 13.1. The Bertz CT molecular complexity index is 396. The molecule has 0 aromatic carbocycles. The van der Waals surface area contributed by atoms with Crippen LogP contribution in [0, 0.1) is 17.2 Å². The molecule has 1 aliphatic heterocycles. The van der Waals surface area contributed by atoms with Crippen molar-refractivity contribution in [2.24, 2.45) is 23.3 Å². The minimum Gasteiger partial charge on any atom is -0.444 e. The molecule has 0 aromatic rings. The molecule has 1 heterocycles. The molecule has 6 nitrogen and oxygen atoms in total. The summed E-state index contributed by atoms with van der Waals surface area (Å²) >= 11 is 0. The van der Waals surface area contributed by atoms with Gasteiger partial charge in [0.1, 0.15) is 5.60 Å². The molecule has 2 rings (SSSR count). The predicted molar refractivity (Wildman–Crippen MR) is 82.1 cm³/mol. The maximum absolute atomic E-state index is 10.9. The molecule has 0 radical (unpaired) electrons. The van der Waals surface area contributed by atoms with E-state index in [0.717, 1.165) is 45.2 Å². The van der Waals surface area contributed by atoms with E-state index >= 15 is 0 Å². The van der Waals surface area contributed by atoms with Crippen LogP contribution in [0.1, 0.15) is 46.0 Å². The first-order chi connectivity index (χ1) is 9.77. The first kappa shape index (κ1) is 16.1. The van der Waals surface area contributed by atoms with E-state index in [1.54, 1.807) is 0 Å². The van der Waals surface area contributed by atoms with Crippen molar-refractivity contribution < 1.29 is 9.53 Å². The van der Waals surface area contributed by atoms with Crippen LogP contribution in [0.25, 0.3) is 0 Å². The number of amides is 1. The van der Waals surface area contributed by atoms with Crippen LogP contribution in [-0.4, -0.2) is 41.6 Å². The van der Waals surface area contributed by atoms with Gasteiger partial charge in [0.2, 0.25) is 0 Å². The van der Waals surface area contributed by atoms with E-state index < -0.39 is 11.7 Å². The highest BCUT2D eigenvalue weighted by atomic mass is 16.6. The van der Waals surface area contributed by atoms with Crippen LogP contribution in [-0.2, 0) is 4.74 Å². The predicted octanol–water partition coefficient (Wildman–Crippen LogP) is 1.68. The molecule has 0 atom stereocenters. The van der Waals surface area contributed by atoms with Crippen LogP contribution in [0.5, 0.6) is 0 Å². The lowest BCUT2D eigenvalue weighted by molar-refractivity contribution is -0.0275. The number of rotatable bonds is 5. The lowest BCUT2D eigenvalue weighted by atomic mass is 9.81. The van der Waals surface area contributed by atoms with Crippen LogP contribution in [0.3, 0.4) is 0 Å². The molecule has 120 valence electrons. The van der Waals surface area contributed by atoms with Crippen LogP contribution < -0.4 is 11.5 Å². The minimum atomic E-state index is -0.696. The number of nitrogens with one attached hydrogen (secondary N) is 1. The van der Waals surface area contributed by atoms with E-state index in [1.807, 2.05) is 13.8 Å². The van der Waals surface area contributed by atoms with Crippen LogP contribution in [0.15, 0.2) is 0 Å². The molecule has 1 aliphatic carbocycles. The third-order valence-electron chi connectivity index (χ3n) is 4.80. The van der Waals surface area contributed by atoms with Crippen LogP contribution in [0.4, 0.5) is 4.79 Å². The van der Waals surface area contributed by atoms with Crippen molar-refractivity contribution in [2.75, 3.05) is 13.1 Å². The van der Waals surface area contributed by atoms with Gasteiger partial charge in [0.15, 0.2) is 0 Å². The topological polar surface area (TPSA) is 105 Å².